The summed E-state index contributed by atoms with van der Waals surface area (Å²) in [5.41, 5.74) is 3.87. The lowest BCUT2D eigenvalue weighted by Crippen LogP contribution is -2.53. The molecule has 0 radical (unpaired) electrons. The number of phenols is 2. The number of nitrogens with zero attached hydrogens (tertiary/aromatic N) is 2. The molecule has 2 saturated heterocycles. The smallest absolute Gasteiger partial charge is 0.260 e. The predicted molar refractivity (Wildman–Crippen MR) is 204 cm³/mol. The van der Waals surface area contributed by atoms with Crippen LogP contribution >= 0.6 is 23.2 Å². The van der Waals surface area contributed by atoms with Crippen LogP contribution in [0.1, 0.15) is 35.4 Å². The molecule has 1 saturated carbocycles. The third-order valence-electron chi connectivity index (χ3n) is 11.8. The van der Waals surface area contributed by atoms with Crippen LogP contribution in [0, 0.1) is 23.7 Å². The van der Waals surface area contributed by atoms with Crippen LogP contribution < -0.4 is 14.9 Å². The number of hydrazine groups is 1. The minimum Gasteiger partial charge on any atom is -0.508 e. The zero-order valence-electron chi connectivity index (χ0n) is 29.9. The van der Waals surface area contributed by atoms with Gasteiger partial charge in [-0.2, -0.15) is 5.01 Å². The van der Waals surface area contributed by atoms with E-state index in [9.17, 15) is 24.6 Å². The quantitative estimate of drug-likeness (QED) is 0.126. The van der Waals surface area contributed by atoms with Gasteiger partial charge in [0.05, 0.1) is 48.1 Å². The Morgan fingerprint density at radius 1 is 0.855 bits per heavy atom. The van der Waals surface area contributed by atoms with E-state index >= 15 is 4.79 Å². The minimum absolute atomic E-state index is 0.0629. The van der Waals surface area contributed by atoms with Crippen LogP contribution in [0.2, 0.25) is 10.0 Å². The summed E-state index contributed by atoms with van der Waals surface area (Å²) in [6, 6.07) is 23.0. The van der Waals surface area contributed by atoms with Gasteiger partial charge in [-0.1, -0.05) is 65.2 Å². The summed E-state index contributed by atoms with van der Waals surface area (Å²) in [4.78, 5) is 60.2. The average Bonchev–Trinajstić information content (AvgIpc) is 3.55. The van der Waals surface area contributed by atoms with E-state index in [4.69, 9.17) is 32.7 Å². The molecule has 282 valence electrons. The number of anilines is 1. The molecule has 4 aliphatic rings. The molecule has 2 aliphatic heterocycles. The van der Waals surface area contributed by atoms with Crippen LogP contribution in [0.3, 0.4) is 0 Å². The maximum absolute atomic E-state index is 15.5. The molecule has 13 heteroatoms. The van der Waals surface area contributed by atoms with Crippen molar-refractivity contribution in [3.8, 4) is 23.0 Å². The molecule has 11 nitrogen and oxygen atoms in total. The van der Waals surface area contributed by atoms with E-state index < -0.39 is 46.8 Å². The van der Waals surface area contributed by atoms with Gasteiger partial charge in [0.15, 0.2) is 0 Å². The van der Waals surface area contributed by atoms with Crippen molar-refractivity contribution in [2.75, 3.05) is 26.2 Å². The number of imide groups is 2. The van der Waals surface area contributed by atoms with Gasteiger partial charge >= 0.3 is 0 Å². The number of rotatable bonds is 9. The summed E-state index contributed by atoms with van der Waals surface area (Å²) in [6.07, 6.45) is 2.59. The Balaban J connectivity index is 1.29. The molecule has 0 aromatic heterocycles. The van der Waals surface area contributed by atoms with Crippen molar-refractivity contribution in [1.82, 2.24) is 9.91 Å². The first-order valence-corrected chi connectivity index (χ1v) is 18.7. The van der Waals surface area contributed by atoms with Crippen LogP contribution in [-0.4, -0.2) is 64.5 Å². The number of hydrogen-bond acceptors (Lipinski definition) is 9. The molecule has 6 atom stereocenters. The van der Waals surface area contributed by atoms with E-state index in [0.29, 0.717) is 28.3 Å². The predicted octanol–water partition coefficient (Wildman–Crippen LogP) is 6.65. The fourth-order valence-electron chi connectivity index (χ4n) is 9.35. The number of fused-ring (bicyclic) bond motifs is 4. The van der Waals surface area contributed by atoms with Crippen LogP contribution in [-0.2, 0) is 31.0 Å². The second-order valence-corrected chi connectivity index (χ2v) is 15.2. The topological polar surface area (TPSA) is 146 Å². The highest BCUT2D eigenvalue weighted by Crippen LogP contribution is 2.66. The second-order valence-electron chi connectivity index (χ2n) is 14.3. The number of methoxy groups -OCH3 is 2. The first-order chi connectivity index (χ1) is 26.5. The number of ether oxygens (including phenoxy) is 2. The van der Waals surface area contributed by atoms with Gasteiger partial charge in [0.2, 0.25) is 11.8 Å². The van der Waals surface area contributed by atoms with Crippen LogP contribution in [0.5, 0.6) is 23.0 Å². The minimum atomic E-state index is -1.67. The molecule has 8 rings (SSSR count). The van der Waals surface area contributed by atoms with Crippen LogP contribution in [0.15, 0.2) is 96.6 Å². The van der Waals surface area contributed by atoms with E-state index in [-0.39, 0.29) is 64.7 Å². The number of aromatic hydroxyl groups is 2. The molecule has 3 N–H and O–H groups in total. The van der Waals surface area contributed by atoms with Gasteiger partial charge < -0.3 is 19.7 Å². The summed E-state index contributed by atoms with van der Waals surface area (Å²) in [6.45, 7) is 0.143. The van der Waals surface area contributed by atoms with Gasteiger partial charge in [0, 0.05) is 23.0 Å². The molecule has 2 aliphatic carbocycles. The summed E-state index contributed by atoms with van der Waals surface area (Å²) in [7, 11) is 2.99. The Bertz CT molecular complexity index is 2260. The number of amides is 4. The first-order valence-electron chi connectivity index (χ1n) is 17.9. The van der Waals surface area contributed by atoms with Crippen molar-refractivity contribution in [1.29, 1.82) is 0 Å². The van der Waals surface area contributed by atoms with E-state index in [1.165, 1.54) is 31.3 Å². The molecule has 55 heavy (non-hydrogen) atoms. The molecule has 0 bridgehead atoms. The molecule has 4 aromatic carbocycles. The average molecular weight is 783 g/mol. The summed E-state index contributed by atoms with van der Waals surface area (Å²) in [5, 5.41) is 23.0. The Labute approximate surface area is 327 Å². The first kappa shape index (κ1) is 36.5. The van der Waals surface area contributed by atoms with Crippen molar-refractivity contribution in [2.45, 2.75) is 30.6 Å². The maximum atomic E-state index is 15.5. The summed E-state index contributed by atoms with van der Waals surface area (Å²) in [5.74, 6) is -5.22. The zero-order valence-corrected chi connectivity index (χ0v) is 31.4. The van der Waals surface area contributed by atoms with Gasteiger partial charge in [-0.15, -0.1) is 0 Å². The van der Waals surface area contributed by atoms with Crippen molar-refractivity contribution in [2.24, 2.45) is 23.7 Å². The maximum Gasteiger partial charge on any atom is 0.260 e. The lowest BCUT2D eigenvalue weighted by atomic mass is 9.49. The number of carbonyl (C=O) groups is 4. The van der Waals surface area contributed by atoms with Crippen LogP contribution in [0.25, 0.3) is 0 Å². The van der Waals surface area contributed by atoms with Crippen molar-refractivity contribution in [3.05, 3.63) is 123 Å². The van der Waals surface area contributed by atoms with E-state index in [0.717, 1.165) is 10.6 Å². The van der Waals surface area contributed by atoms with Gasteiger partial charge in [0.1, 0.15) is 23.0 Å². The molecular weight excluding hydrogens is 745 g/mol. The van der Waals surface area contributed by atoms with Crippen LogP contribution in [0.4, 0.5) is 5.69 Å². The molecule has 2 heterocycles. The van der Waals surface area contributed by atoms with Gasteiger partial charge in [-0.05, 0) is 90.9 Å². The molecule has 4 aromatic rings. The number of carbonyl (C=O) groups excluding carboxylic acids is 4. The number of likely N-dealkylation sites (tertiary alicyclic amines) is 1. The highest BCUT2D eigenvalue weighted by atomic mass is 35.5. The lowest BCUT2D eigenvalue weighted by Gasteiger charge is -2.50. The number of hydrogen-bond donors (Lipinski definition) is 3. The number of halogens is 2. The van der Waals surface area contributed by atoms with E-state index in [2.05, 4.69) is 5.43 Å². The fraction of sp³-hybridized carbons (Fsp3) is 0.286. The highest BCUT2D eigenvalue weighted by Gasteiger charge is 2.71. The Morgan fingerprint density at radius 2 is 1.60 bits per heavy atom. The zero-order chi connectivity index (χ0) is 38.8. The number of phenolic OH excluding ortho intramolecular Hbond substituents is 2. The van der Waals surface area contributed by atoms with Crippen molar-refractivity contribution in [3.63, 3.8) is 0 Å². The molecule has 0 spiro atoms. The fourth-order valence-corrected chi connectivity index (χ4v) is 9.80. The van der Waals surface area contributed by atoms with Gasteiger partial charge in [-0.3, -0.25) is 29.5 Å². The standard InChI is InChI=1S/C42H37Cl2N3O8/c1-54-26-13-8-23(9-14-26)42-30(39(51)47(41(42)53)45-32-17-10-24(43)20-31(32)44)21-29-27(37(42)36-33(49)4-3-5-34(36)55-2)15-16-28-35(29)40(52)46(38(28)50)19-18-22-6-11-25(48)12-7-22/h3-15,17,20,28-30,35,37,45,48-49H,16,18-19,21H2,1-2H3. The highest BCUT2D eigenvalue weighted by molar-refractivity contribution is 6.36. The lowest BCUT2D eigenvalue weighted by molar-refractivity contribution is -0.141. The molecular formula is C42H37Cl2N3O8. The molecule has 6 unspecified atom stereocenters. The Hall–Kier alpha value is -5.52. The number of allylic oxidation sites excluding steroid dienone is 2. The number of nitrogens with one attached hydrogen (secondary N) is 1. The normalized spacial score (nSPS) is 25.7. The summed E-state index contributed by atoms with van der Waals surface area (Å²) < 4.78 is 11.3. The van der Waals surface area contributed by atoms with Crippen molar-refractivity contribution >= 4 is 52.5 Å². The van der Waals surface area contributed by atoms with E-state index in [1.54, 1.807) is 72.8 Å². The SMILES string of the molecule is COc1ccc(C23C(=O)N(Nc4ccc(Cl)cc4Cl)C(=O)C2CC2C(=CCC4C(=O)N(CCc5ccc(O)cc5)C(=O)C42)C3c2c(O)cccc2OC)cc1. The van der Waals surface area contributed by atoms with E-state index in [1.807, 2.05) is 6.08 Å². The summed E-state index contributed by atoms with van der Waals surface area (Å²) >= 11 is 12.7. The number of benzene rings is 4. The third kappa shape index (κ3) is 5.71. The molecule has 3 fully saturated rings. The largest absolute Gasteiger partial charge is 0.508 e. The third-order valence-corrected chi connectivity index (χ3v) is 12.3. The van der Waals surface area contributed by atoms with Gasteiger partial charge in [-0.25, -0.2) is 0 Å². The second kappa shape index (κ2) is 14.0. The van der Waals surface area contributed by atoms with Crippen molar-refractivity contribution < 1.29 is 38.9 Å². The Kier molecular flexibility index (Phi) is 9.25. The molecule has 4 amide bonds. The monoisotopic (exact) mass is 781 g/mol. The van der Waals surface area contributed by atoms with Gasteiger partial charge in [0.25, 0.3) is 11.8 Å². The Morgan fingerprint density at radius 3 is 2.29 bits per heavy atom.